The van der Waals surface area contributed by atoms with E-state index in [-0.39, 0.29) is 23.2 Å². The van der Waals surface area contributed by atoms with E-state index in [0.717, 1.165) is 0 Å². The second-order valence-electron chi connectivity index (χ2n) is 5.24. The molecule has 23 heavy (non-hydrogen) atoms. The van der Waals surface area contributed by atoms with Crippen molar-refractivity contribution < 1.29 is 27.8 Å². The molecule has 130 valence electrons. The van der Waals surface area contributed by atoms with Crippen LogP contribution in [0.4, 0.5) is 0 Å². The SMILES string of the molecule is CC[C@H](C)[C@H](NS(=O)(=O)c1cc(COC)ccc1OC)C(=O)O. The van der Waals surface area contributed by atoms with Gasteiger partial charge in [0.1, 0.15) is 16.7 Å². The van der Waals surface area contributed by atoms with Gasteiger partial charge in [0.05, 0.1) is 13.7 Å². The first-order chi connectivity index (χ1) is 10.8. The van der Waals surface area contributed by atoms with Crippen molar-refractivity contribution in [2.45, 2.75) is 37.8 Å². The fraction of sp³-hybridized carbons (Fsp3) is 0.533. The maximum absolute atomic E-state index is 12.6. The van der Waals surface area contributed by atoms with Gasteiger partial charge in [0, 0.05) is 7.11 Å². The van der Waals surface area contributed by atoms with E-state index in [1.807, 2.05) is 0 Å². The molecule has 0 aliphatic carbocycles. The highest BCUT2D eigenvalue weighted by Crippen LogP contribution is 2.26. The summed E-state index contributed by atoms with van der Waals surface area (Å²) in [5.74, 6) is -1.42. The van der Waals surface area contributed by atoms with Crippen LogP contribution in [0.15, 0.2) is 23.1 Å². The number of hydrogen-bond acceptors (Lipinski definition) is 5. The Hall–Kier alpha value is -1.64. The van der Waals surface area contributed by atoms with Crippen molar-refractivity contribution in [3.8, 4) is 5.75 Å². The molecule has 1 aromatic carbocycles. The Labute approximate surface area is 136 Å². The average Bonchev–Trinajstić information content (AvgIpc) is 2.52. The topological polar surface area (TPSA) is 102 Å². The number of carboxylic acids is 1. The minimum Gasteiger partial charge on any atom is -0.495 e. The van der Waals surface area contributed by atoms with E-state index in [2.05, 4.69) is 4.72 Å². The number of benzene rings is 1. The molecular formula is C15H23NO6S. The molecule has 8 heteroatoms. The first-order valence-electron chi connectivity index (χ1n) is 7.17. The van der Waals surface area contributed by atoms with E-state index < -0.39 is 22.0 Å². The number of rotatable bonds is 9. The highest BCUT2D eigenvalue weighted by atomic mass is 32.2. The summed E-state index contributed by atoms with van der Waals surface area (Å²) < 4.78 is 37.6. The molecule has 7 nitrogen and oxygen atoms in total. The van der Waals surface area contributed by atoms with Crippen LogP contribution < -0.4 is 9.46 Å². The molecule has 0 heterocycles. The summed E-state index contributed by atoms with van der Waals surface area (Å²) in [6.07, 6.45) is 0.528. The highest BCUT2D eigenvalue weighted by molar-refractivity contribution is 7.89. The second kappa shape index (κ2) is 8.28. The van der Waals surface area contributed by atoms with Gasteiger partial charge in [0.2, 0.25) is 10.0 Å². The van der Waals surface area contributed by atoms with Crippen LogP contribution in [0.1, 0.15) is 25.8 Å². The lowest BCUT2D eigenvalue weighted by atomic mass is 10.0. The van der Waals surface area contributed by atoms with Gasteiger partial charge in [-0.15, -0.1) is 0 Å². The van der Waals surface area contributed by atoms with Gasteiger partial charge in [-0.05, 0) is 23.6 Å². The van der Waals surface area contributed by atoms with Gasteiger partial charge in [0.15, 0.2) is 0 Å². The van der Waals surface area contributed by atoms with Gasteiger partial charge < -0.3 is 14.6 Å². The zero-order valence-corrected chi connectivity index (χ0v) is 14.5. The fourth-order valence-electron chi connectivity index (χ4n) is 2.06. The summed E-state index contributed by atoms with van der Waals surface area (Å²) >= 11 is 0. The van der Waals surface area contributed by atoms with E-state index in [0.29, 0.717) is 12.0 Å². The number of aliphatic carboxylic acids is 1. The minimum absolute atomic E-state index is 0.107. The van der Waals surface area contributed by atoms with E-state index in [1.54, 1.807) is 19.9 Å². The molecular weight excluding hydrogens is 322 g/mol. The number of hydrogen-bond donors (Lipinski definition) is 2. The van der Waals surface area contributed by atoms with Crippen LogP contribution in [0.25, 0.3) is 0 Å². The summed E-state index contributed by atoms with van der Waals surface area (Å²) in [4.78, 5) is 11.2. The Morgan fingerprint density at radius 2 is 2.00 bits per heavy atom. The van der Waals surface area contributed by atoms with Gasteiger partial charge in [-0.2, -0.15) is 4.72 Å². The Morgan fingerprint density at radius 3 is 2.48 bits per heavy atom. The molecule has 0 bridgehead atoms. The molecule has 2 atom stereocenters. The molecule has 0 fully saturated rings. The van der Waals surface area contributed by atoms with Crippen LogP contribution in [-0.4, -0.2) is 39.8 Å². The molecule has 0 saturated heterocycles. The first kappa shape index (κ1) is 19.4. The summed E-state index contributed by atoms with van der Waals surface area (Å²) in [7, 11) is -1.20. The quantitative estimate of drug-likeness (QED) is 0.705. The Kier molecular flexibility index (Phi) is 6.99. The number of ether oxygens (including phenoxy) is 2. The summed E-state index contributed by atoms with van der Waals surface area (Å²) in [6.45, 7) is 3.72. The lowest BCUT2D eigenvalue weighted by molar-refractivity contribution is -0.140. The predicted molar refractivity (Wildman–Crippen MR) is 84.9 cm³/mol. The molecule has 0 aliphatic heterocycles. The summed E-state index contributed by atoms with van der Waals surface area (Å²) in [5, 5.41) is 9.27. The summed E-state index contributed by atoms with van der Waals surface area (Å²) in [6, 6.07) is 3.41. The van der Waals surface area contributed by atoms with Crippen LogP contribution in [0.5, 0.6) is 5.75 Å². The van der Waals surface area contributed by atoms with Crippen LogP contribution in [0.2, 0.25) is 0 Å². The Bertz CT molecular complexity index is 643. The first-order valence-corrected chi connectivity index (χ1v) is 8.66. The van der Waals surface area contributed by atoms with Gasteiger partial charge in [-0.25, -0.2) is 8.42 Å². The molecule has 0 aromatic heterocycles. The largest absolute Gasteiger partial charge is 0.495 e. The van der Waals surface area contributed by atoms with Crippen molar-refractivity contribution in [1.82, 2.24) is 4.72 Å². The average molecular weight is 345 g/mol. The molecule has 1 aromatic rings. The van der Waals surface area contributed by atoms with Crippen LogP contribution in [-0.2, 0) is 26.2 Å². The van der Waals surface area contributed by atoms with Crippen molar-refractivity contribution in [2.24, 2.45) is 5.92 Å². The van der Waals surface area contributed by atoms with Gasteiger partial charge in [-0.3, -0.25) is 4.79 Å². The van der Waals surface area contributed by atoms with Gasteiger partial charge in [0.25, 0.3) is 0 Å². The lowest BCUT2D eigenvalue weighted by Crippen LogP contribution is -2.45. The fourth-order valence-corrected chi connectivity index (χ4v) is 3.58. The molecule has 0 unspecified atom stereocenters. The third-order valence-corrected chi connectivity index (χ3v) is 5.05. The number of carbonyl (C=O) groups is 1. The molecule has 2 N–H and O–H groups in total. The highest BCUT2D eigenvalue weighted by Gasteiger charge is 2.31. The minimum atomic E-state index is -4.05. The van der Waals surface area contributed by atoms with E-state index in [1.165, 1.54) is 26.4 Å². The maximum atomic E-state index is 12.6. The number of nitrogens with one attached hydrogen (secondary N) is 1. The van der Waals surface area contributed by atoms with Crippen LogP contribution >= 0.6 is 0 Å². The number of methoxy groups -OCH3 is 2. The molecule has 0 radical (unpaired) electrons. The second-order valence-corrected chi connectivity index (χ2v) is 6.92. The number of sulfonamides is 1. The third-order valence-electron chi connectivity index (χ3n) is 3.59. The van der Waals surface area contributed by atoms with Crippen molar-refractivity contribution in [2.75, 3.05) is 14.2 Å². The summed E-state index contributed by atoms with van der Waals surface area (Å²) in [5.41, 5.74) is 0.643. The molecule has 1 rings (SSSR count). The molecule has 0 amide bonds. The zero-order valence-electron chi connectivity index (χ0n) is 13.7. The van der Waals surface area contributed by atoms with E-state index >= 15 is 0 Å². The maximum Gasteiger partial charge on any atom is 0.322 e. The normalized spacial score (nSPS) is 14.3. The predicted octanol–water partition coefficient (Wildman–Crippen LogP) is 1.62. The monoisotopic (exact) mass is 345 g/mol. The van der Waals surface area contributed by atoms with E-state index in [4.69, 9.17) is 9.47 Å². The van der Waals surface area contributed by atoms with Crippen molar-refractivity contribution in [3.05, 3.63) is 23.8 Å². The van der Waals surface area contributed by atoms with Crippen LogP contribution in [0, 0.1) is 5.92 Å². The van der Waals surface area contributed by atoms with Gasteiger partial charge in [-0.1, -0.05) is 26.3 Å². The zero-order chi connectivity index (χ0) is 17.6. The molecule has 0 saturated carbocycles. The third kappa shape index (κ3) is 4.92. The van der Waals surface area contributed by atoms with Crippen molar-refractivity contribution in [1.29, 1.82) is 0 Å². The lowest BCUT2D eigenvalue weighted by Gasteiger charge is -2.21. The smallest absolute Gasteiger partial charge is 0.322 e. The van der Waals surface area contributed by atoms with Crippen LogP contribution in [0.3, 0.4) is 0 Å². The molecule has 0 aliphatic rings. The number of carboxylic acid groups (broad SMARTS) is 1. The Morgan fingerprint density at radius 1 is 1.35 bits per heavy atom. The standard InChI is InChI=1S/C15H23NO6S/c1-5-10(2)14(15(17)18)16-23(19,20)13-8-11(9-21-3)6-7-12(13)22-4/h6-8,10,14,16H,5,9H2,1-4H3,(H,17,18)/t10-,14-/m0/s1. The van der Waals surface area contributed by atoms with Gasteiger partial charge >= 0.3 is 5.97 Å². The van der Waals surface area contributed by atoms with E-state index in [9.17, 15) is 18.3 Å². The Balaban J connectivity index is 3.25. The van der Waals surface area contributed by atoms with Crippen molar-refractivity contribution in [3.63, 3.8) is 0 Å². The molecule has 0 spiro atoms. The van der Waals surface area contributed by atoms with Crippen molar-refractivity contribution >= 4 is 16.0 Å².